The second-order valence-corrected chi connectivity index (χ2v) is 4.76. The molecule has 1 atom stereocenters. The van der Waals surface area contributed by atoms with Crippen LogP contribution >= 0.6 is 11.8 Å². The summed E-state index contributed by atoms with van der Waals surface area (Å²) in [5.74, 6) is 0.786. The molecule has 1 rings (SSSR count). The normalized spacial score (nSPS) is 20.4. The molecule has 3 heteroatoms. The number of carboxylic acid groups (broad SMARTS) is 1. The topological polar surface area (TPSA) is 37.3 Å². The van der Waals surface area contributed by atoms with E-state index in [4.69, 9.17) is 5.11 Å². The Bertz CT molecular complexity index is 164. The Labute approximate surface area is 84.1 Å². The van der Waals surface area contributed by atoms with Gasteiger partial charge in [-0.25, -0.2) is 0 Å². The van der Waals surface area contributed by atoms with Crippen molar-refractivity contribution in [2.75, 3.05) is 12.0 Å². The molecule has 1 fully saturated rings. The lowest BCUT2D eigenvalue weighted by Crippen LogP contribution is -2.22. The van der Waals surface area contributed by atoms with Crippen molar-refractivity contribution in [2.45, 2.75) is 32.1 Å². The summed E-state index contributed by atoms with van der Waals surface area (Å²) in [6, 6.07) is 0. The van der Waals surface area contributed by atoms with Crippen molar-refractivity contribution in [2.24, 2.45) is 11.8 Å². The Morgan fingerprint density at radius 1 is 1.54 bits per heavy atom. The zero-order valence-corrected chi connectivity index (χ0v) is 8.98. The smallest absolute Gasteiger partial charge is 0.306 e. The molecular formula is C10H18O2S. The fourth-order valence-electron chi connectivity index (χ4n) is 2.17. The minimum absolute atomic E-state index is 0.0741. The van der Waals surface area contributed by atoms with E-state index < -0.39 is 5.97 Å². The molecular weight excluding hydrogens is 184 g/mol. The SMILES string of the molecule is CSCCC(C(=O)O)C1CCCC1. The van der Waals surface area contributed by atoms with Gasteiger partial charge in [-0.05, 0) is 37.2 Å². The average Bonchev–Trinajstić information content (AvgIpc) is 2.57. The number of rotatable bonds is 5. The number of carbonyl (C=O) groups is 1. The lowest BCUT2D eigenvalue weighted by Gasteiger charge is -2.18. The molecule has 0 bridgehead atoms. The minimum atomic E-state index is -0.582. The number of hydrogen-bond donors (Lipinski definition) is 1. The first-order valence-electron chi connectivity index (χ1n) is 4.97. The summed E-state index contributed by atoms with van der Waals surface area (Å²) >= 11 is 1.74. The molecule has 13 heavy (non-hydrogen) atoms. The second kappa shape index (κ2) is 5.53. The minimum Gasteiger partial charge on any atom is -0.481 e. The molecule has 0 aromatic carbocycles. The van der Waals surface area contributed by atoms with Gasteiger partial charge in [-0.1, -0.05) is 12.8 Å². The van der Waals surface area contributed by atoms with E-state index in [1.165, 1.54) is 12.8 Å². The molecule has 1 aliphatic rings. The summed E-state index contributed by atoms with van der Waals surface area (Å²) in [7, 11) is 0. The first-order valence-corrected chi connectivity index (χ1v) is 6.37. The summed E-state index contributed by atoms with van der Waals surface area (Å²) in [6.45, 7) is 0. The zero-order chi connectivity index (χ0) is 9.68. The first kappa shape index (κ1) is 10.9. The lowest BCUT2D eigenvalue weighted by atomic mass is 9.89. The van der Waals surface area contributed by atoms with Gasteiger partial charge in [-0.15, -0.1) is 0 Å². The van der Waals surface area contributed by atoms with Crippen molar-refractivity contribution < 1.29 is 9.90 Å². The molecule has 1 saturated carbocycles. The van der Waals surface area contributed by atoms with Crippen molar-refractivity contribution in [3.63, 3.8) is 0 Å². The predicted molar refractivity (Wildman–Crippen MR) is 56.1 cm³/mol. The van der Waals surface area contributed by atoms with Gasteiger partial charge in [0.25, 0.3) is 0 Å². The molecule has 0 amide bonds. The maximum atomic E-state index is 11.0. The fraction of sp³-hybridized carbons (Fsp3) is 0.900. The molecule has 0 radical (unpaired) electrons. The van der Waals surface area contributed by atoms with E-state index in [0.717, 1.165) is 25.0 Å². The van der Waals surface area contributed by atoms with Crippen LogP contribution in [0.3, 0.4) is 0 Å². The second-order valence-electron chi connectivity index (χ2n) is 3.77. The molecule has 1 aliphatic carbocycles. The summed E-state index contributed by atoms with van der Waals surface area (Å²) in [6.07, 6.45) is 7.60. The van der Waals surface area contributed by atoms with Crippen molar-refractivity contribution in [1.29, 1.82) is 0 Å². The number of aliphatic carboxylic acids is 1. The van der Waals surface area contributed by atoms with Crippen LogP contribution in [0.1, 0.15) is 32.1 Å². The van der Waals surface area contributed by atoms with Crippen LogP contribution < -0.4 is 0 Å². The van der Waals surface area contributed by atoms with E-state index >= 15 is 0 Å². The summed E-state index contributed by atoms with van der Waals surface area (Å²) in [4.78, 5) is 11.0. The van der Waals surface area contributed by atoms with Gasteiger partial charge in [-0.3, -0.25) is 4.79 Å². The highest BCUT2D eigenvalue weighted by atomic mass is 32.2. The van der Waals surface area contributed by atoms with Crippen LogP contribution in [0.4, 0.5) is 0 Å². The van der Waals surface area contributed by atoms with Crippen LogP contribution in [0, 0.1) is 11.8 Å². The van der Waals surface area contributed by atoms with Crippen molar-refractivity contribution in [3.8, 4) is 0 Å². The van der Waals surface area contributed by atoms with E-state index in [0.29, 0.717) is 5.92 Å². The van der Waals surface area contributed by atoms with Gasteiger partial charge in [0.1, 0.15) is 0 Å². The quantitative estimate of drug-likeness (QED) is 0.744. The molecule has 76 valence electrons. The Hall–Kier alpha value is -0.180. The summed E-state index contributed by atoms with van der Waals surface area (Å²) in [5, 5.41) is 9.05. The highest BCUT2D eigenvalue weighted by Gasteiger charge is 2.29. The Morgan fingerprint density at radius 2 is 2.15 bits per heavy atom. The molecule has 0 aromatic heterocycles. The number of hydrogen-bond acceptors (Lipinski definition) is 2. The Morgan fingerprint density at radius 3 is 2.62 bits per heavy atom. The average molecular weight is 202 g/mol. The third-order valence-corrected chi connectivity index (χ3v) is 3.56. The van der Waals surface area contributed by atoms with Gasteiger partial charge in [0.2, 0.25) is 0 Å². The predicted octanol–water partition coefficient (Wildman–Crippen LogP) is 2.63. The van der Waals surface area contributed by atoms with Gasteiger partial charge in [-0.2, -0.15) is 11.8 Å². The van der Waals surface area contributed by atoms with E-state index in [2.05, 4.69) is 0 Å². The molecule has 0 heterocycles. The van der Waals surface area contributed by atoms with E-state index in [-0.39, 0.29) is 5.92 Å². The Kier molecular flexibility index (Phi) is 4.64. The molecule has 2 nitrogen and oxygen atoms in total. The highest BCUT2D eigenvalue weighted by Crippen LogP contribution is 2.33. The highest BCUT2D eigenvalue weighted by molar-refractivity contribution is 7.98. The molecule has 0 aromatic rings. The lowest BCUT2D eigenvalue weighted by molar-refractivity contribution is -0.143. The zero-order valence-electron chi connectivity index (χ0n) is 8.16. The molecule has 1 unspecified atom stereocenters. The summed E-state index contributed by atoms with van der Waals surface area (Å²) < 4.78 is 0. The third kappa shape index (κ3) is 3.22. The molecule has 0 spiro atoms. The summed E-state index contributed by atoms with van der Waals surface area (Å²) in [5.41, 5.74) is 0. The van der Waals surface area contributed by atoms with Crippen molar-refractivity contribution in [3.05, 3.63) is 0 Å². The van der Waals surface area contributed by atoms with Crippen LogP contribution in [-0.4, -0.2) is 23.1 Å². The van der Waals surface area contributed by atoms with Gasteiger partial charge < -0.3 is 5.11 Å². The van der Waals surface area contributed by atoms with Crippen LogP contribution in [0.25, 0.3) is 0 Å². The molecule has 0 aliphatic heterocycles. The first-order chi connectivity index (χ1) is 6.25. The van der Waals surface area contributed by atoms with E-state index in [1.807, 2.05) is 6.26 Å². The van der Waals surface area contributed by atoms with Gasteiger partial charge in [0.05, 0.1) is 5.92 Å². The van der Waals surface area contributed by atoms with E-state index in [9.17, 15) is 4.79 Å². The maximum absolute atomic E-state index is 11.0. The van der Waals surface area contributed by atoms with Crippen molar-refractivity contribution >= 4 is 17.7 Å². The van der Waals surface area contributed by atoms with Crippen LogP contribution in [0.15, 0.2) is 0 Å². The van der Waals surface area contributed by atoms with Crippen LogP contribution in [0.2, 0.25) is 0 Å². The molecule has 1 N–H and O–H groups in total. The maximum Gasteiger partial charge on any atom is 0.306 e. The fourth-order valence-corrected chi connectivity index (χ4v) is 2.66. The van der Waals surface area contributed by atoms with Gasteiger partial charge in [0.15, 0.2) is 0 Å². The standard InChI is InChI=1S/C10H18O2S/c1-13-7-6-9(10(11)12)8-4-2-3-5-8/h8-9H,2-7H2,1H3,(H,11,12). The van der Waals surface area contributed by atoms with Crippen LogP contribution in [-0.2, 0) is 4.79 Å². The Balaban J connectivity index is 2.40. The third-order valence-electron chi connectivity index (χ3n) is 2.92. The van der Waals surface area contributed by atoms with Crippen molar-refractivity contribution in [1.82, 2.24) is 0 Å². The van der Waals surface area contributed by atoms with Gasteiger partial charge in [0, 0.05) is 0 Å². The largest absolute Gasteiger partial charge is 0.481 e. The number of carboxylic acids is 1. The molecule has 0 saturated heterocycles. The van der Waals surface area contributed by atoms with Gasteiger partial charge >= 0.3 is 5.97 Å². The monoisotopic (exact) mass is 202 g/mol. The number of thioether (sulfide) groups is 1. The van der Waals surface area contributed by atoms with Crippen LogP contribution in [0.5, 0.6) is 0 Å². The van der Waals surface area contributed by atoms with E-state index in [1.54, 1.807) is 11.8 Å².